The summed E-state index contributed by atoms with van der Waals surface area (Å²) in [4.78, 5) is 12.2. The zero-order chi connectivity index (χ0) is 17.2. The minimum absolute atomic E-state index is 0.00860. The van der Waals surface area contributed by atoms with Crippen LogP contribution in [0.2, 0.25) is 0 Å². The Morgan fingerprint density at radius 1 is 1.43 bits per heavy atom. The van der Waals surface area contributed by atoms with Crippen LogP contribution in [0.5, 0.6) is 5.75 Å². The van der Waals surface area contributed by atoms with Gasteiger partial charge in [-0.3, -0.25) is 4.79 Å². The van der Waals surface area contributed by atoms with Crippen LogP contribution in [-0.2, 0) is 5.60 Å². The molecule has 23 heavy (non-hydrogen) atoms. The first-order valence-electron chi connectivity index (χ1n) is 7.17. The fourth-order valence-corrected chi connectivity index (χ4v) is 2.45. The van der Waals surface area contributed by atoms with Gasteiger partial charge in [-0.2, -0.15) is 0 Å². The fraction of sp³-hybridized carbons (Fsp3) is 0.353. The predicted octanol–water partition coefficient (Wildman–Crippen LogP) is 2.68. The molecule has 1 atom stereocenters. The third-order valence-corrected chi connectivity index (χ3v) is 3.64. The third kappa shape index (κ3) is 3.53. The zero-order valence-corrected chi connectivity index (χ0v) is 13.6. The van der Waals surface area contributed by atoms with E-state index in [9.17, 15) is 14.3 Å². The van der Waals surface area contributed by atoms with E-state index in [1.165, 1.54) is 25.3 Å². The Bertz CT molecular complexity index is 721. The molecule has 2 aromatic rings. The van der Waals surface area contributed by atoms with E-state index in [1.807, 2.05) is 0 Å². The van der Waals surface area contributed by atoms with Crippen molar-refractivity contribution in [1.29, 1.82) is 0 Å². The van der Waals surface area contributed by atoms with Gasteiger partial charge in [0.15, 0.2) is 11.6 Å². The SMILES string of the molecule is COc1cccc(C(=O)NCC(C)(O)c2cc(C)oc2C)c1F. The average molecular weight is 321 g/mol. The molecular formula is C17H20FNO4. The van der Waals surface area contributed by atoms with Crippen LogP contribution in [0, 0.1) is 19.7 Å². The molecule has 1 heterocycles. The molecule has 5 nitrogen and oxygen atoms in total. The molecule has 0 radical (unpaired) electrons. The molecular weight excluding hydrogens is 301 g/mol. The van der Waals surface area contributed by atoms with E-state index in [-0.39, 0.29) is 17.9 Å². The summed E-state index contributed by atoms with van der Waals surface area (Å²) in [6.45, 7) is 4.99. The molecule has 0 fully saturated rings. The van der Waals surface area contributed by atoms with Crippen LogP contribution in [0.4, 0.5) is 4.39 Å². The number of ether oxygens (including phenoxy) is 1. The molecule has 0 aliphatic heterocycles. The lowest BCUT2D eigenvalue weighted by molar-refractivity contribution is 0.0512. The summed E-state index contributed by atoms with van der Waals surface area (Å²) in [6, 6.07) is 6.03. The van der Waals surface area contributed by atoms with Gasteiger partial charge in [-0.05, 0) is 39.0 Å². The van der Waals surface area contributed by atoms with Crippen molar-refractivity contribution in [2.24, 2.45) is 0 Å². The maximum Gasteiger partial charge on any atom is 0.254 e. The molecule has 1 aromatic carbocycles. The van der Waals surface area contributed by atoms with Crippen LogP contribution < -0.4 is 10.1 Å². The Balaban J connectivity index is 2.14. The van der Waals surface area contributed by atoms with E-state index in [4.69, 9.17) is 9.15 Å². The Kier molecular flexibility index (Phi) is 4.75. The number of rotatable bonds is 5. The van der Waals surface area contributed by atoms with Crippen LogP contribution in [-0.4, -0.2) is 24.7 Å². The van der Waals surface area contributed by atoms with Crippen molar-refractivity contribution < 1.29 is 23.4 Å². The van der Waals surface area contributed by atoms with Crippen molar-refractivity contribution in [3.8, 4) is 5.75 Å². The van der Waals surface area contributed by atoms with E-state index >= 15 is 0 Å². The molecule has 1 unspecified atom stereocenters. The quantitative estimate of drug-likeness (QED) is 0.888. The van der Waals surface area contributed by atoms with Crippen molar-refractivity contribution in [3.05, 3.63) is 52.7 Å². The second-order valence-corrected chi connectivity index (χ2v) is 5.61. The van der Waals surface area contributed by atoms with Crippen LogP contribution in [0.25, 0.3) is 0 Å². The molecule has 0 spiro atoms. The van der Waals surface area contributed by atoms with E-state index in [0.717, 1.165) is 0 Å². The molecule has 2 N–H and O–H groups in total. The smallest absolute Gasteiger partial charge is 0.254 e. The number of hydrogen-bond acceptors (Lipinski definition) is 4. The third-order valence-electron chi connectivity index (χ3n) is 3.64. The van der Waals surface area contributed by atoms with Crippen LogP contribution in [0.1, 0.15) is 34.4 Å². The van der Waals surface area contributed by atoms with E-state index in [2.05, 4.69) is 5.32 Å². The summed E-state index contributed by atoms with van der Waals surface area (Å²) in [5.41, 5.74) is -0.881. The first-order valence-corrected chi connectivity index (χ1v) is 7.17. The molecule has 1 aromatic heterocycles. The lowest BCUT2D eigenvalue weighted by atomic mass is 9.96. The van der Waals surface area contributed by atoms with Gasteiger partial charge >= 0.3 is 0 Å². The van der Waals surface area contributed by atoms with E-state index in [1.54, 1.807) is 26.8 Å². The largest absolute Gasteiger partial charge is 0.494 e. The minimum Gasteiger partial charge on any atom is -0.494 e. The molecule has 0 aliphatic rings. The Morgan fingerprint density at radius 2 is 2.13 bits per heavy atom. The summed E-state index contributed by atoms with van der Waals surface area (Å²) < 4.78 is 24.3. The molecule has 0 saturated heterocycles. The van der Waals surface area contributed by atoms with Gasteiger partial charge in [0.05, 0.1) is 19.2 Å². The molecule has 0 saturated carbocycles. The van der Waals surface area contributed by atoms with Gasteiger partial charge in [0.25, 0.3) is 5.91 Å². The average Bonchev–Trinajstić information content (AvgIpc) is 2.85. The number of carbonyl (C=O) groups is 1. The van der Waals surface area contributed by atoms with Gasteiger partial charge in [0.2, 0.25) is 0 Å². The number of halogens is 1. The molecule has 6 heteroatoms. The van der Waals surface area contributed by atoms with E-state index < -0.39 is 17.3 Å². The highest BCUT2D eigenvalue weighted by molar-refractivity contribution is 5.95. The highest BCUT2D eigenvalue weighted by atomic mass is 19.1. The number of methoxy groups -OCH3 is 1. The summed E-state index contributed by atoms with van der Waals surface area (Å²) in [5.74, 6) is -0.120. The number of benzene rings is 1. The highest BCUT2D eigenvalue weighted by Gasteiger charge is 2.29. The first-order chi connectivity index (χ1) is 10.8. The minimum atomic E-state index is -1.33. The van der Waals surface area contributed by atoms with Gasteiger partial charge in [-0.25, -0.2) is 4.39 Å². The maximum absolute atomic E-state index is 14.1. The second kappa shape index (κ2) is 6.42. The number of amides is 1. The maximum atomic E-state index is 14.1. The van der Waals surface area contributed by atoms with Gasteiger partial charge in [-0.15, -0.1) is 0 Å². The molecule has 0 aliphatic carbocycles. The second-order valence-electron chi connectivity index (χ2n) is 5.61. The van der Waals surface area contributed by atoms with Crippen LogP contribution in [0.15, 0.2) is 28.7 Å². The van der Waals surface area contributed by atoms with Crippen LogP contribution >= 0.6 is 0 Å². The number of nitrogens with one attached hydrogen (secondary N) is 1. The molecule has 124 valence electrons. The Labute approximate surface area is 134 Å². The summed E-state index contributed by atoms with van der Waals surface area (Å²) in [7, 11) is 1.33. The summed E-state index contributed by atoms with van der Waals surface area (Å²) in [6.07, 6.45) is 0. The standard InChI is InChI=1S/C17H20FNO4/c1-10-8-13(11(2)23-10)17(3,21)9-19-16(20)12-6-5-7-14(22-4)15(12)18/h5-8,21H,9H2,1-4H3,(H,19,20). The monoisotopic (exact) mass is 321 g/mol. The van der Waals surface area contributed by atoms with Crippen molar-refractivity contribution in [1.82, 2.24) is 5.32 Å². The van der Waals surface area contributed by atoms with Gasteiger partial charge in [0, 0.05) is 5.56 Å². The normalized spacial score (nSPS) is 13.5. The lowest BCUT2D eigenvalue weighted by Gasteiger charge is -2.23. The predicted molar refractivity (Wildman–Crippen MR) is 83.0 cm³/mol. The van der Waals surface area contributed by atoms with Crippen LogP contribution in [0.3, 0.4) is 0 Å². The number of carbonyl (C=O) groups excluding carboxylic acids is 1. The number of aryl methyl sites for hydroxylation is 2. The van der Waals surface area contributed by atoms with Crippen molar-refractivity contribution in [2.75, 3.05) is 13.7 Å². The van der Waals surface area contributed by atoms with Crippen molar-refractivity contribution in [3.63, 3.8) is 0 Å². The number of hydrogen-bond donors (Lipinski definition) is 2. The van der Waals surface area contributed by atoms with Gasteiger partial charge in [0.1, 0.15) is 17.1 Å². The molecule has 2 rings (SSSR count). The van der Waals surface area contributed by atoms with Crippen molar-refractivity contribution in [2.45, 2.75) is 26.4 Å². The summed E-state index contributed by atoms with van der Waals surface area (Å²) in [5, 5.41) is 13.1. The molecule has 0 bridgehead atoms. The topological polar surface area (TPSA) is 71.7 Å². The van der Waals surface area contributed by atoms with E-state index in [0.29, 0.717) is 17.1 Å². The summed E-state index contributed by atoms with van der Waals surface area (Å²) >= 11 is 0. The Hall–Kier alpha value is -2.34. The van der Waals surface area contributed by atoms with Gasteiger partial charge in [-0.1, -0.05) is 6.07 Å². The fourth-order valence-electron chi connectivity index (χ4n) is 2.45. The van der Waals surface area contributed by atoms with Gasteiger partial charge < -0.3 is 19.6 Å². The molecule has 1 amide bonds. The zero-order valence-electron chi connectivity index (χ0n) is 13.6. The first kappa shape index (κ1) is 17.0. The number of furan rings is 1. The lowest BCUT2D eigenvalue weighted by Crippen LogP contribution is -2.39. The van der Waals surface area contributed by atoms with Crippen molar-refractivity contribution >= 4 is 5.91 Å². The Morgan fingerprint density at radius 3 is 2.70 bits per heavy atom. The highest BCUT2D eigenvalue weighted by Crippen LogP contribution is 2.26. The number of aliphatic hydroxyl groups is 1.